The molecule has 0 saturated heterocycles. The lowest BCUT2D eigenvalue weighted by Crippen LogP contribution is -2.67. The molecule has 0 heterocycles. The SMILES string of the molecule is C=CC(=O)C[C@@H](O)CO[Si](c1ccccc1)(c1ccccc1)C(C)(C)C. The summed E-state index contributed by atoms with van der Waals surface area (Å²) in [4.78, 5) is 11.6. The summed E-state index contributed by atoms with van der Waals surface area (Å²) in [5.41, 5.74) is 0. The van der Waals surface area contributed by atoms with Gasteiger partial charge in [0, 0.05) is 6.42 Å². The maximum absolute atomic E-state index is 11.6. The Labute approximate surface area is 157 Å². The summed E-state index contributed by atoms with van der Waals surface area (Å²) >= 11 is 0. The van der Waals surface area contributed by atoms with Gasteiger partial charge in [-0.25, -0.2) is 0 Å². The van der Waals surface area contributed by atoms with Crippen LogP contribution in [0.2, 0.25) is 5.04 Å². The molecule has 0 radical (unpaired) electrons. The minimum Gasteiger partial charge on any atom is -0.405 e. The van der Waals surface area contributed by atoms with E-state index >= 15 is 0 Å². The molecule has 0 aliphatic heterocycles. The van der Waals surface area contributed by atoms with Gasteiger partial charge in [-0.1, -0.05) is 88.0 Å². The summed E-state index contributed by atoms with van der Waals surface area (Å²) in [7, 11) is -2.67. The van der Waals surface area contributed by atoms with Crippen LogP contribution < -0.4 is 10.4 Å². The molecule has 0 aromatic heterocycles. The van der Waals surface area contributed by atoms with Gasteiger partial charge in [0.25, 0.3) is 8.32 Å². The first-order valence-corrected chi connectivity index (χ1v) is 10.8. The lowest BCUT2D eigenvalue weighted by Gasteiger charge is -2.43. The smallest absolute Gasteiger partial charge is 0.261 e. The summed E-state index contributed by atoms with van der Waals surface area (Å²) in [5, 5.41) is 12.5. The molecular formula is C22H28O3Si. The van der Waals surface area contributed by atoms with Crippen LogP contribution in [0.15, 0.2) is 73.3 Å². The normalized spacial score (nSPS) is 13.2. The van der Waals surface area contributed by atoms with Crippen LogP contribution in [0.1, 0.15) is 27.2 Å². The molecule has 26 heavy (non-hydrogen) atoms. The second-order valence-corrected chi connectivity index (χ2v) is 11.8. The van der Waals surface area contributed by atoms with E-state index in [0.717, 1.165) is 10.4 Å². The van der Waals surface area contributed by atoms with Gasteiger partial charge in [-0.05, 0) is 21.5 Å². The Morgan fingerprint density at radius 2 is 1.54 bits per heavy atom. The first kappa shape index (κ1) is 20.3. The number of aliphatic hydroxyl groups is 1. The summed E-state index contributed by atoms with van der Waals surface area (Å²) in [5.74, 6) is -0.177. The van der Waals surface area contributed by atoms with Gasteiger partial charge in [-0.15, -0.1) is 0 Å². The zero-order chi connectivity index (χ0) is 19.2. The average Bonchev–Trinajstić information content (AvgIpc) is 2.62. The molecule has 3 nitrogen and oxygen atoms in total. The topological polar surface area (TPSA) is 46.5 Å². The standard InChI is InChI=1S/C22H28O3Si/c1-5-18(23)16-19(24)17-25-26(22(2,3)4,20-12-8-6-9-13-20)21-14-10-7-11-15-21/h5-15,19,24H,1,16-17H2,2-4H3/t19-/m1/s1. The Morgan fingerprint density at radius 3 is 1.92 bits per heavy atom. The van der Waals surface area contributed by atoms with Gasteiger partial charge < -0.3 is 9.53 Å². The van der Waals surface area contributed by atoms with Crippen molar-refractivity contribution in [3.05, 3.63) is 73.3 Å². The molecule has 2 aromatic rings. The fourth-order valence-electron chi connectivity index (χ4n) is 3.36. The van der Waals surface area contributed by atoms with Crippen molar-refractivity contribution in [3.8, 4) is 0 Å². The predicted molar refractivity (Wildman–Crippen MR) is 109 cm³/mol. The van der Waals surface area contributed by atoms with E-state index in [1.807, 2.05) is 36.4 Å². The Balaban J connectivity index is 2.47. The molecule has 1 atom stereocenters. The molecule has 2 rings (SSSR count). The van der Waals surface area contributed by atoms with Gasteiger partial charge in [-0.3, -0.25) is 4.79 Å². The predicted octanol–water partition coefficient (Wildman–Crippen LogP) is 3.07. The van der Waals surface area contributed by atoms with Gasteiger partial charge in [0.2, 0.25) is 0 Å². The third-order valence-electron chi connectivity index (χ3n) is 4.57. The molecule has 0 amide bonds. The zero-order valence-electron chi connectivity index (χ0n) is 15.8. The van der Waals surface area contributed by atoms with Crippen LogP contribution >= 0.6 is 0 Å². The van der Waals surface area contributed by atoms with Crippen molar-refractivity contribution in [2.45, 2.75) is 38.3 Å². The van der Waals surface area contributed by atoms with E-state index < -0.39 is 14.4 Å². The van der Waals surface area contributed by atoms with Crippen molar-refractivity contribution in [2.24, 2.45) is 0 Å². The highest BCUT2D eigenvalue weighted by Crippen LogP contribution is 2.36. The highest BCUT2D eigenvalue weighted by atomic mass is 28.4. The number of benzene rings is 2. The second kappa shape index (κ2) is 8.58. The van der Waals surface area contributed by atoms with Gasteiger partial charge in [0.1, 0.15) is 0 Å². The maximum atomic E-state index is 11.6. The minimum absolute atomic E-state index is 0.0295. The van der Waals surface area contributed by atoms with Crippen molar-refractivity contribution in [2.75, 3.05) is 6.61 Å². The number of hydrogen-bond donors (Lipinski definition) is 1. The highest BCUT2D eigenvalue weighted by Gasteiger charge is 2.50. The molecule has 0 unspecified atom stereocenters. The lowest BCUT2D eigenvalue weighted by atomic mass is 10.2. The van der Waals surface area contributed by atoms with Crippen LogP contribution in [-0.4, -0.2) is 31.9 Å². The Morgan fingerprint density at radius 1 is 1.08 bits per heavy atom. The number of allylic oxidation sites excluding steroid dienone is 1. The lowest BCUT2D eigenvalue weighted by molar-refractivity contribution is -0.116. The van der Waals surface area contributed by atoms with Gasteiger partial charge in [0.15, 0.2) is 5.78 Å². The quantitative estimate of drug-likeness (QED) is 0.575. The number of ketones is 1. The zero-order valence-corrected chi connectivity index (χ0v) is 16.8. The van der Waals surface area contributed by atoms with E-state index in [-0.39, 0.29) is 23.8 Å². The molecule has 0 aliphatic rings. The molecule has 2 aromatic carbocycles. The van der Waals surface area contributed by atoms with E-state index in [4.69, 9.17) is 4.43 Å². The Kier molecular flexibility index (Phi) is 6.70. The number of rotatable bonds is 8. The monoisotopic (exact) mass is 368 g/mol. The van der Waals surface area contributed by atoms with E-state index in [2.05, 4.69) is 51.6 Å². The van der Waals surface area contributed by atoms with Crippen molar-refractivity contribution in [3.63, 3.8) is 0 Å². The third-order valence-corrected chi connectivity index (χ3v) is 9.58. The van der Waals surface area contributed by atoms with E-state index in [1.54, 1.807) is 0 Å². The third kappa shape index (κ3) is 4.39. The van der Waals surface area contributed by atoms with Crippen LogP contribution in [0.3, 0.4) is 0 Å². The molecule has 1 N–H and O–H groups in total. The number of aliphatic hydroxyl groups excluding tert-OH is 1. The van der Waals surface area contributed by atoms with E-state index in [1.165, 1.54) is 6.08 Å². The molecule has 4 heteroatoms. The van der Waals surface area contributed by atoms with Crippen LogP contribution in [0.25, 0.3) is 0 Å². The fourth-order valence-corrected chi connectivity index (χ4v) is 7.96. The van der Waals surface area contributed by atoms with Crippen molar-refractivity contribution < 1.29 is 14.3 Å². The molecule has 138 valence electrons. The fraction of sp³-hybridized carbons (Fsp3) is 0.318. The molecular weight excluding hydrogens is 340 g/mol. The second-order valence-electron chi connectivity index (χ2n) is 7.50. The van der Waals surface area contributed by atoms with Crippen molar-refractivity contribution in [1.29, 1.82) is 0 Å². The molecule has 0 aliphatic carbocycles. The average molecular weight is 369 g/mol. The Bertz CT molecular complexity index is 681. The summed E-state index contributed by atoms with van der Waals surface area (Å²) in [6, 6.07) is 20.5. The molecule has 0 saturated carbocycles. The number of carbonyl (C=O) groups is 1. The number of hydrogen-bond acceptors (Lipinski definition) is 3. The highest BCUT2D eigenvalue weighted by molar-refractivity contribution is 6.99. The summed E-state index contributed by atoms with van der Waals surface area (Å²) in [6.07, 6.45) is 0.426. The largest absolute Gasteiger partial charge is 0.405 e. The first-order chi connectivity index (χ1) is 12.3. The summed E-state index contributed by atoms with van der Waals surface area (Å²) < 4.78 is 6.58. The maximum Gasteiger partial charge on any atom is 0.261 e. The summed E-state index contributed by atoms with van der Waals surface area (Å²) in [6.45, 7) is 10.1. The Hall–Kier alpha value is -2.01. The molecule has 0 fully saturated rings. The molecule has 0 bridgehead atoms. The van der Waals surface area contributed by atoms with Crippen molar-refractivity contribution >= 4 is 24.5 Å². The van der Waals surface area contributed by atoms with Crippen LogP contribution in [0.5, 0.6) is 0 Å². The van der Waals surface area contributed by atoms with Crippen LogP contribution in [0, 0.1) is 0 Å². The minimum atomic E-state index is -2.67. The van der Waals surface area contributed by atoms with Gasteiger partial charge >= 0.3 is 0 Å². The number of carbonyl (C=O) groups excluding carboxylic acids is 1. The van der Waals surface area contributed by atoms with Gasteiger partial charge in [-0.2, -0.15) is 0 Å². The van der Waals surface area contributed by atoms with Gasteiger partial charge in [0.05, 0.1) is 12.7 Å². The first-order valence-electron chi connectivity index (χ1n) is 8.89. The van der Waals surface area contributed by atoms with Crippen LogP contribution in [0.4, 0.5) is 0 Å². The van der Waals surface area contributed by atoms with E-state index in [9.17, 15) is 9.90 Å². The van der Waals surface area contributed by atoms with Crippen molar-refractivity contribution in [1.82, 2.24) is 0 Å². The van der Waals surface area contributed by atoms with E-state index in [0.29, 0.717) is 0 Å². The van der Waals surface area contributed by atoms with Crippen LogP contribution in [-0.2, 0) is 9.22 Å². The molecule has 0 spiro atoms.